The topological polar surface area (TPSA) is 63.6 Å². The minimum atomic E-state index is -3.28. The van der Waals surface area contributed by atoms with Gasteiger partial charge in [0.15, 0.2) is 9.84 Å². The van der Waals surface area contributed by atoms with E-state index in [4.69, 9.17) is 9.84 Å². The van der Waals surface area contributed by atoms with E-state index in [0.29, 0.717) is 5.75 Å². The average molecular weight is 314 g/mol. The predicted octanol–water partition coefficient (Wildman–Crippen LogP) is 1.76. The summed E-state index contributed by atoms with van der Waals surface area (Å²) in [6.45, 7) is 4.47. The lowest BCUT2D eigenvalue weighted by molar-refractivity contribution is 0.338. The van der Waals surface area contributed by atoms with Gasteiger partial charge in [-0.1, -0.05) is 11.8 Å². The van der Waals surface area contributed by atoms with Crippen molar-refractivity contribution < 1.29 is 22.7 Å². The molecule has 0 spiro atoms. The molecule has 0 aliphatic carbocycles. The van der Waals surface area contributed by atoms with Crippen molar-refractivity contribution in [3.8, 4) is 17.6 Å². The number of halogens is 1. The van der Waals surface area contributed by atoms with Gasteiger partial charge in [0.1, 0.15) is 24.8 Å². The zero-order chi connectivity index (χ0) is 16.1. The number of hydrogen-bond acceptors (Lipinski definition) is 4. The van der Waals surface area contributed by atoms with Crippen LogP contribution < -0.4 is 4.74 Å². The molecule has 0 aliphatic rings. The Balaban J connectivity index is 2.81. The third kappa shape index (κ3) is 5.03. The maximum Gasteiger partial charge on any atom is 0.158 e. The third-order valence-electron chi connectivity index (χ3n) is 2.79. The van der Waals surface area contributed by atoms with E-state index in [1.54, 1.807) is 20.8 Å². The summed E-state index contributed by atoms with van der Waals surface area (Å²) in [5.74, 6) is 4.65. The van der Waals surface area contributed by atoms with Crippen LogP contribution in [0.5, 0.6) is 5.75 Å². The Bertz CT molecular complexity index is 648. The van der Waals surface area contributed by atoms with Crippen LogP contribution in [-0.2, 0) is 9.84 Å². The van der Waals surface area contributed by atoms with Crippen LogP contribution in [0.2, 0.25) is 0 Å². The summed E-state index contributed by atoms with van der Waals surface area (Å²) in [6, 6.07) is 3.77. The van der Waals surface area contributed by atoms with Gasteiger partial charge >= 0.3 is 0 Å². The minimum Gasteiger partial charge on any atom is -0.491 e. The van der Waals surface area contributed by atoms with Crippen molar-refractivity contribution in [2.75, 3.05) is 19.0 Å². The zero-order valence-electron chi connectivity index (χ0n) is 12.3. The van der Waals surface area contributed by atoms with E-state index >= 15 is 0 Å². The first-order valence-electron chi connectivity index (χ1n) is 6.42. The molecule has 0 unspecified atom stereocenters. The van der Waals surface area contributed by atoms with Crippen LogP contribution >= 0.6 is 0 Å². The first-order chi connectivity index (χ1) is 9.67. The number of ether oxygens (including phenoxy) is 1. The first-order valence-corrected chi connectivity index (χ1v) is 8.07. The van der Waals surface area contributed by atoms with Crippen molar-refractivity contribution in [2.45, 2.75) is 25.5 Å². The number of aliphatic hydroxyl groups is 1. The maximum absolute atomic E-state index is 13.2. The van der Waals surface area contributed by atoms with Crippen LogP contribution in [0.15, 0.2) is 18.2 Å². The molecule has 0 radical (unpaired) electrons. The van der Waals surface area contributed by atoms with Crippen LogP contribution in [0.4, 0.5) is 4.39 Å². The van der Waals surface area contributed by atoms with Gasteiger partial charge in [-0.15, -0.1) is 0 Å². The number of rotatable bonds is 4. The highest BCUT2D eigenvalue weighted by Crippen LogP contribution is 2.20. The van der Waals surface area contributed by atoms with E-state index < -0.39 is 20.4 Å². The summed E-state index contributed by atoms with van der Waals surface area (Å²) in [7, 11) is -3.28. The highest BCUT2D eigenvalue weighted by Gasteiger charge is 2.28. The lowest BCUT2D eigenvalue weighted by atomic mass is 10.2. The molecule has 116 valence electrons. The summed E-state index contributed by atoms with van der Waals surface area (Å²) in [5.41, 5.74) is 0.275. The Morgan fingerprint density at radius 2 is 2.00 bits per heavy atom. The number of benzene rings is 1. The summed E-state index contributed by atoms with van der Waals surface area (Å²) >= 11 is 0. The SMILES string of the molecule is CC(C)(C)S(=O)(=O)CCOc1ccc(F)cc1C#CCO. The molecule has 1 aromatic carbocycles. The number of aliphatic hydroxyl groups excluding tert-OH is 1. The summed E-state index contributed by atoms with van der Waals surface area (Å²) < 4.78 is 41.6. The van der Waals surface area contributed by atoms with Crippen molar-refractivity contribution in [1.29, 1.82) is 0 Å². The molecule has 0 aliphatic heterocycles. The largest absolute Gasteiger partial charge is 0.491 e. The lowest BCUT2D eigenvalue weighted by Gasteiger charge is -2.19. The second-order valence-electron chi connectivity index (χ2n) is 5.38. The Morgan fingerprint density at radius 3 is 2.57 bits per heavy atom. The fourth-order valence-electron chi connectivity index (χ4n) is 1.43. The summed E-state index contributed by atoms with van der Waals surface area (Å²) in [4.78, 5) is 0. The van der Waals surface area contributed by atoms with Crippen molar-refractivity contribution in [2.24, 2.45) is 0 Å². The van der Waals surface area contributed by atoms with E-state index in [9.17, 15) is 12.8 Å². The molecule has 0 bridgehead atoms. The van der Waals surface area contributed by atoms with Gasteiger partial charge in [0.05, 0.1) is 16.1 Å². The van der Waals surface area contributed by atoms with Gasteiger partial charge in [-0.25, -0.2) is 12.8 Å². The van der Waals surface area contributed by atoms with Gasteiger partial charge < -0.3 is 9.84 Å². The molecule has 0 atom stereocenters. The van der Waals surface area contributed by atoms with Crippen LogP contribution in [0.1, 0.15) is 26.3 Å². The molecular weight excluding hydrogens is 295 g/mol. The molecule has 1 rings (SSSR count). The molecular formula is C15H19FO4S. The zero-order valence-corrected chi connectivity index (χ0v) is 13.1. The highest BCUT2D eigenvalue weighted by molar-refractivity contribution is 7.92. The quantitative estimate of drug-likeness (QED) is 0.860. The van der Waals surface area contributed by atoms with E-state index in [2.05, 4.69) is 11.8 Å². The number of hydrogen-bond donors (Lipinski definition) is 1. The van der Waals surface area contributed by atoms with Crippen LogP contribution in [0.25, 0.3) is 0 Å². The molecule has 4 nitrogen and oxygen atoms in total. The summed E-state index contributed by atoms with van der Waals surface area (Å²) in [5, 5.41) is 8.67. The van der Waals surface area contributed by atoms with Crippen molar-refractivity contribution in [3.05, 3.63) is 29.6 Å². The molecule has 0 amide bonds. The molecule has 0 saturated heterocycles. The van der Waals surface area contributed by atoms with Gasteiger partial charge in [0.2, 0.25) is 0 Å². The molecule has 1 aromatic rings. The van der Waals surface area contributed by atoms with Gasteiger partial charge in [-0.05, 0) is 39.0 Å². The van der Waals surface area contributed by atoms with Crippen molar-refractivity contribution in [3.63, 3.8) is 0 Å². The Labute approximate surface area is 124 Å². The van der Waals surface area contributed by atoms with Crippen LogP contribution in [0, 0.1) is 17.7 Å². The summed E-state index contributed by atoms with van der Waals surface area (Å²) in [6.07, 6.45) is 0. The minimum absolute atomic E-state index is 0.0426. The lowest BCUT2D eigenvalue weighted by Crippen LogP contribution is -2.32. The average Bonchev–Trinajstić information content (AvgIpc) is 2.37. The second kappa shape index (κ2) is 6.92. The van der Waals surface area contributed by atoms with E-state index in [0.717, 1.165) is 0 Å². The molecule has 0 fully saturated rings. The Morgan fingerprint density at radius 1 is 1.33 bits per heavy atom. The van der Waals surface area contributed by atoms with Crippen LogP contribution in [-0.4, -0.2) is 37.2 Å². The van der Waals surface area contributed by atoms with E-state index in [-0.39, 0.29) is 24.5 Å². The fourth-order valence-corrected chi connectivity index (χ4v) is 2.34. The molecule has 6 heteroatoms. The number of sulfone groups is 1. The Hall–Kier alpha value is -1.58. The molecule has 0 saturated carbocycles. The smallest absolute Gasteiger partial charge is 0.158 e. The first kappa shape index (κ1) is 17.5. The molecule has 21 heavy (non-hydrogen) atoms. The Kier molecular flexibility index (Phi) is 5.76. The predicted molar refractivity (Wildman–Crippen MR) is 79.4 cm³/mol. The fraction of sp³-hybridized carbons (Fsp3) is 0.467. The highest BCUT2D eigenvalue weighted by atomic mass is 32.2. The third-order valence-corrected chi connectivity index (χ3v) is 5.36. The molecule has 0 heterocycles. The second-order valence-corrected chi connectivity index (χ2v) is 8.24. The standard InChI is InChI=1S/C15H19FO4S/c1-15(2,3)21(18,19)10-9-20-14-7-6-13(16)11-12(14)5-4-8-17/h6-7,11,17H,8-10H2,1-3H3. The van der Waals surface area contributed by atoms with Crippen molar-refractivity contribution >= 4 is 9.84 Å². The molecule has 1 N–H and O–H groups in total. The van der Waals surface area contributed by atoms with Gasteiger partial charge in [-0.2, -0.15) is 0 Å². The van der Waals surface area contributed by atoms with Gasteiger partial charge in [-0.3, -0.25) is 0 Å². The van der Waals surface area contributed by atoms with Gasteiger partial charge in [0.25, 0.3) is 0 Å². The monoisotopic (exact) mass is 314 g/mol. The van der Waals surface area contributed by atoms with Crippen LogP contribution in [0.3, 0.4) is 0 Å². The maximum atomic E-state index is 13.2. The van der Waals surface area contributed by atoms with Crippen molar-refractivity contribution in [1.82, 2.24) is 0 Å². The van der Waals surface area contributed by atoms with E-state index in [1.807, 2.05) is 0 Å². The molecule has 0 aromatic heterocycles. The normalized spacial score (nSPS) is 11.7. The van der Waals surface area contributed by atoms with E-state index in [1.165, 1.54) is 18.2 Å². The van der Waals surface area contributed by atoms with Gasteiger partial charge in [0, 0.05) is 0 Å².